The van der Waals surface area contributed by atoms with E-state index in [2.05, 4.69) is 24.1 Å². The highest BCUT2D eigenvalue weighted by atomic mass is 35.5. The number of hydrogen-bond donors (Lipinski definition) is 1. The van der Waals surface area contributed by atoms with Crippen LogP contribution in [-0.4, -0.2) is 73.4 Å². The monoisotopic (exact) mass is 959 g/mol. The van der Waals surface area contributed by atoms with E-state index >= 15 is 0 Å². The molecule has 1 N–H and O–H groups in total. The molecule has 15 heteroatoms. The van der Waals surface area contributed by atoms with Gasteiger partial charge in [-0.3, -0.25) is 19.5 Å². The van der Waals surface area contributed by atoms with Crippen molar-refractivity contribution in [2.24, 2.45) is 11.8 Å². The van der Waals surface area contributed by atoms with E-state index in [1.54, 1.807) is 6.20 Å². The number of nitrogens with zero attached hydrogens (tertiary/aromatic N) is 2. The number of halogens is 4. The Morgan fingerprint density at radius 1 is 0.941 bits per heavy atom. The number of fused-ring (bicyclic) bond motifs is 3. The van der Waals surface area contributed by atoms with E-state index in [9.17, 15) is 32.3 Å². The van der Waals surface area contributed by atoms with Gasteiger partial charge >= 0.3 is 24.0 Å². The Labute approximate surface area is 401 Å². The minimum absolute atomic E-state index is 0.00928. The summed E-state index contributed by atoms with van der Waals surface area (Å²) in [4.78, 5) is 58.5. The lowest BCUT2D eigenvalue weighted by Gasteiger charge is -2.51. The maximum atomic E-state index is 14.6. The molecule has 0 bridgehead atoms. The van der Waals surface area contributed by atoms with Gasteiger partial charge in [0.15, 0.2) is 0 Å². The Bertz CT molecular complexity index is 2440. The predicted molar refractivity (Wildman–Crippen MR) is 252 cm³/mol. The summed E-state index contributed by atoms with van der Waals surface area (Å²) in [5.74, 6) is -2.21. The van der Waals surface area contributed by atoms with Gasteiger partial charge in [0, 0.05) is 41.0 Å². The Balaban J connectivity index is 1.14. The number of aryl methyl sites for hydroxylation is 1. The average molecular weight is 961 g/mol. The van der Waals surface area contributed by atoms with E-state index in [1.165, 1.54) is 31.4 Å². The van der Waals surface area contributed by atoms with Crippen molar-refractivity contribution in [1.82, 2.24) is 10.3 Å². The Morgan fingerprint density at radius 3 is 2.38 bits per heavy atom. The zero-order valence-corrected chi connectivity index (χ0v) is 40.1. The number of hydrogen-bond acceptors (Lipinski definition) is 9. The fourth-order valence-electron chi connectivity index (χ4n) is 11.0. The van der Waals surface area contributed by atoms with Gasteiger partial charge in [-0.2, -0.15) is 13.2 Å². The highest BCUT2D eigenvalue weighted by Crippen LogP contribution is 2.58. The highest BCUT2D eigenvalue weighted by Gasteiger charge is 2.60. The van der Waals surface area contributed by atoms with Crippen molar-refractivity contribution in [3.63, 3.8) is 0 Å². The number of ether oxygens (including phenoxy) is 4. The van der Waals surface area contributed by atoms with Gasteiger partial charge in [-0.25, -0.2) is 9.59 Å². The van der Waals surface area contributed by atoms with Gasteiger partial charge in [0.1, 0.15) is 23.1 Å². The van der Waals surface area contributed by atoms with Crippen molar-refractivity contribution in [3.8, 4) is 11.5 Å². The van der Waals surface area contributed by atoms with Gasteiger partial charge in [0.25, 0.3) is 0 Å². The number of nitrogens with one attached hydrogen (secondary N) is 1. The van der Waals surface area contributed by atoms with Gasteiger partial charge in [-0.15, -0.1) is 0 Å². The lowest BCUT2D eigenvalue weighted by Crippen LogP contribution is -2.63. The number of carbonyl (C=O) groups excluding carboxylic acids is 4. The van der Waals surface area contributed by atoms with E-state index in [0.717, 1.165) is 60.1 Å². The van der Waals surface area contributed by atoms with Gasteiger partial charge < -0.3 is 24.3 Å². The minimum atomic E-state index is -5.31. The molecule has 5 atom stereocenters. The van der Waals surface area contributed by atoms with E-state index < -0.39 is 47.1 Å². The second kappa shape index (κ2) is 21.3. The molecule has 11 nitrogen and oxygen atoms in total. The number of aromatic nitrogens is 1. The maximum absolute atomic E-state index is 14.6. The molecule has 1 aromatic heterocycles. The van der Waals surface area contributed by atoms with Crippen LogP contribution in [0.25, 0.3) is 0 Å². The lowest BCUT2D eigenvalue weighted by atomic mass is 9.59. The van der Waals surface area contributed by atoms with Crippen molar-refractivity contribution in [2.75, 3.05) is 25.7 Å². The zero-order chi connectivity index (χ0) is 48.8. The largest absolute Gasteiger partial charge is 0.493 e. The topological polar surface area (TPSA) is 133 Å². The number of methoxy groups -OCH3 is 2. The summed E-state index contributed by atoms with van der Waals surface area (Å²) in [6.45, 7) is 6.64. The normalized spacial score (nSPS) is 22.2. The molecule has 364 valence electrons. The molecule has 0 radical (unpaired) electrons. The van der Waals surface area contributed by atoms with Crippen LogP contribution in [0.2, 0.25) is 5.02 Å². The Hall–Kier alpha value is -5.63. The van der Waals surface area contributed by atoms with Gasteiger partial charge in [-0.05, 0) is 147 Å². The summed E-state index contributed by atoms with van der Waals surface area (Å²) in [6, 6.07) is 21.9. The minimum Gasteiger partial charge on any atom is -0.493 e. The molecule has 1 heterocycles. The van der Waals surface area contributed by atoms with Gasteiger partial charge in [-0.1, -0.05) is 67.9 Å². The third-order valence-electron chi connectivity index (χ3n) is 14.3. The molecule has 2 amide bonds. The van der Waals surface area contributed by atoms with Crippen LogP contribution in [0.5, 0.6) is 11.5 Å². The van der Waals surface area contributed by atoms with E-state index in [4.69, 9.17) is 30.5 Å². The van der Waals surface area contributed by atoms with E-state index in [0.29, 0.717) is 42.4 Å². The molecular weight excluding hydrogens is 899 g/mol. The number of pyridine rings is 1. The van der Waals surface area contributed by atoms with Crippen LogP contribution in [0, 0.1) is 11.8 Å². The maximum Gasteiger partial charge on any atom is 0.471 e. The number of anilines is 1. The van der Waals surface area contributed by atoms with Crippen molar-refractivity contribution in [1.29, 1.82) is 0 Å². The van der Waals surface area contributed by atoms with Crippen LogP contribution >= 0.6 is 11.6 Å². The first-order valence-electron chi connectivity index (χ1n) is 23.5. The second-order valence-electron chi connectivity index (χ2n) is 18.9. The van der Waals surface area contributed by atoms with Crippen molar-refractivity contribution < 1.29 is 51.3 Å². The number of benzene rings is 3. The van der Waals surface area contributed by atoms with Crippen LogP contribution < -0.4 is 19.7 Å². The van der Waals surface area contributed by atoms with E-state index in [1.807, 2.05) is 61.5 Å². The third-order valence-corrected chi connectivity index (χ3v) is 14.6. The molecular formula is C53H61ClF3N3O8. The van der Waals surface area contributed by atoms with Crippen LogP contribution in [0.3, 0.4) is 0 Å². The summed E-state index contributed by atoms with van der Waals surface area (Å²) >= 11 is 6.29. The number of rotatable bonds is 17. The first-order valence-corrected chi connectivity index (χ1v) is 23.9. The van der Waals surface area contributed by atoms with Crippen LogP contribution in [0.1, 0.15) is 112 Å². The fraction of sp³-hybridized carbons (Fsp3) is 0.491. The molecule has 68 heavy (non-hydrogen) atoms. The molecule has 1 spiro atoms. The summed E-state index contributed by atoms with van der Waals surface area (Å²) < 4.78 is 67.0. The molecule has 3 aliphatic rings. The number of alkyl halides is 3. The molecule has 1 unspecified atom stereocenters. The number of esters is 2. The first kappa shape index (κ1) is 50.3. The molecule has 3 aliphatic carbocycles. The summed E-state index contributed by atoms with van der Waals surface area (Å²) in [5.41, 5.74) is 2.38. The molecule has 3 aromatic carbocycles. The Kier molecular flexibility index (Phi) is 15.8. The second-order valence-corrected chi connectivity index (χ2v) is 19.4. The number of amides is 2. The first-order chi connectivity index (χ1) is 32.5. The summed E-state index contributed by atoms with van der Waals surface area (Å²) in [6.07, 6.45) is 1.48. The van der Waals surface area contributed by atoms with Crippen molar-refractivity contribution in [2.45, 2.75) is 133 Å². The summed E-state index contributed by atoms with van der Waals surface area (Å²) in [5, 5.41) is 2.91. The van der Waals surface area contributed by atoms with Gasteiger partial charge in [0.05, 0.1) is 26.9 Å². The molecule has 1 saturated carbocycles. The molecule has 1 fully saturated rings. The smallest absolute Gasteiger partial charge is 0.471 e. The van der Waals surface area contributed by atoms with Crippen LogP contribution in [-0.2, 0) is 53.3 Å². The highest BCUT2D eigenvalue weighted by molar-refractivity contribution is 6.31. The molecule has 4 aromatic rings. The SMILES string of the molecule is COC(=O)[C@@H](Cc1ccccc1)NC(=O)CCC(C)Oc1ccc2c(c1)C1(CCC(C(=O)OC)(N(C(=O)C(F)(F)F)c3cccc(Cl)c3)CC1)[C@@H](C[C@@H](C)COc1ccnc3c1[C@H](C)CCC3)C2. The lowest BCUT2D eigenvalue weighted by molar-refractivity contribution is -0.174. The average Bonchev–Trinajstić information content (AvgIpc) is 3.60. The quantitative estimate of drug-likeness (QED) is 0.103. The predicted octanol–water partition coefficient (Wildman–Crippen LogP) is 10.2. The van der Waals surface area contributed by atoms with Gasteiger partial charge in [0.2, 0.25) is 5.91 Å². The van der Waals surface area contributed by atoms with Crippen molar-refractivity contribution in [3.05, 3.63) is 118 Å². The Morgan fingerprint density at radius 2 is 1.69 bits per heavy atom. The number of carbonyl (C=O) groups is 4. The molecule has 0 aliphatic heterocycles. The third kappa shape index (κ3) is 11.0. The van der Waals surface area contributed by atoms with Crippen molar-refractivity contribution >= 4 is 41.0 Å². The van der Waals surface area contributed by atoms with Crippen LogP contribution in [0.4, 0.5) is 18.9 Å². The summed E-state index contributed by atoms with van der Waals surface area (Å²) in [7, 11) is 2.40. The fourth-order valence-corrected chi connectivity index (χ4v) is 11.2. The molecule has 7 rings (SSSR count). The standard InChI is InChI=1S/C53H61ClF3N3O8/c1-33(32-67-45-21-26-58-43-16-9-11-34(2)47(43)45)27-38-29-37-18-19-41(68-35(3)17-20-46(61)59-44(48(62)65-4)28-36-12-7-6-8-13-36)31-42(37)51(38)22-24-52(25-23-51,50(64)66-5)60(49(63)53(55,56)57)40-15-10-14-39(54)30-40/h6-8,10,12-15,18-19,21,26,30-31,33-35,38,44H,9,11,16-17,20,22-25,27-29,32H2,1-5H3,(H,59,61)/t33-,34-,35?,38+,44-,51?,52?/m1/s1. The zero-order valence-electron chi connectivity index (χ0n) is 39.3. The molecule has 0 saturated heterocycles. The van der Waals surface area contributed by atoms with E-state index in [-0.39, 0.29) is 67.0 Å². The van der Waals surface area contributed by atoms with Crippen LogP contribution in [0.15, 0.2) is 85.1 Å².